The Bertz CT molecular complexity index is 476. The van der Waals surface area contributed by atoms with Crippen LogP contribution in [0.3, 0.4) is 0 Å². The average Bonchev–Trinajstić information content (AvgIpc) is 2.60. The Kier molecular flexibility index (Phi) is 3.66. The van der Waals surface area contributed by atoms with Crippen LogP contribution in [0.1, 0.15) is 24.5 Å². The van der Waals surface area contributed by atoms with Gasteiger partial charge in [-0.2, -0.15) is 0 Å². The molecule has 5 heteroatoms. The predicted octanol–water partition coefficient (Wildman–Crippen LogP) is 1.42. The summed E-state index contributed by atoms with van der Waals surface area (Å²) in [5.74, 6) is -0.338. The molecule has 1 heterocycles. The summed E-state index contributed by atoms with van der Waals surface area (Å²) in [5.41, 5.74) is 6.46. The third-order valence-corrected chi connectivity index (χ3v) is 3.48. The number of likely N-dealkylation sites (tertiary alicyclic amines) is 1. The van der Waals surface area contributed by atoms with Crippen molar-refractivity contribution in [3.8, 4) is 0 Å². The first-order valence-electron chi connectivity index (χ1n) is 5.90. The first-order valence-corrected chi connectivity index (χ1v) is 6.31. The molecule has 1 fully saturated rings. The normalized spacial score (nSPS) is 24.4. The van der Waals surface area contributed by atoms with E-state index in [1.807, 2.05) is 6.92 Å². The SMILES string of the molecule is CC1(O)CCN(Cc2ccc(F)cc2C(N)=S)C1. The number of aliphatic hydroxyl groups is 1. The molecule has 1 aliphatic heterocycles. The fourth-order valence-corrected chi connectivity index (χ4v) is 2.52. The van der Waals surface area contributed by atoms with Gasteiger partial charge in [0, 0.05) is 25.2 Å². The van der Waals surface area contributed by atoms with Gasteiger partial charge in [-0.15, -0.1) is 0 Å². The Balaban J connectivity index is 2.17. The zero-order valence-electron chi connectivity index (χ0n) is 10.3. The average molecular weight is 268 g/mol. The van der Waals surface area contributed by atoms with Gasteiger partial charge in [-0.1, -0.05) is 18.3 Å². The van der Waals surface area contributed by atoms with E-state index >= 15 is 0 Å². The molecule has 1 aromatic carbocycles. The molecular weight excluding hydrogens is 251 g/mol. The van der Waals surface area contributed by atoms with Crippen molar-refractivity contribution in [2.75, 3.05) is 13.1 Å². The zero-order valence-corrected chi connectivity index (χ0v) is 11.1. The second-order valence-electron chi connectivity index (χ2n) is 5.12. The van der Waals surface area contributed by atoms with Crippen molar-refractivity contribution in [3.05, 3.63) is 35.1 Å². The van der Waals surface area contributed by atoms with Gasteiger partial charge in [0.15, 0.2) is 0 Å². The molecule has 1 saturated heterocycles. The smallest absolute Gasteiger partial charge is 0.123 e. The van der Waals surface area contributed by atoms with Crippen LogP contribution in [-0.2, 0) is 6.54 Å². The van der Waals surface area contributed by atoms with Crippen LogP contribution in [0.4, 0.5) is 4.39 Å². The first-order chi connectivity index (χ1) is 8.37. The summed E-state index contributed by atoms with van der Waals surface area (Å²) in [7, 11) is 0. The number of rotatable bonds is 3. The topological polar surface area (TPSA) is 49.5 Å². The summed E-state index contributed by atoms with van der Waals surface area (Å²) in [6, 6.07) is 4.48. The number of hydrogen-bond donors (Lipinski definition) is 2. The minimum atomic E-state index is -0.635. The van der Waals surface area contributed by atoms with Gasteiger partial charge >= 0.3 is 0 Å². The molecule has 1 atom stereocenters. The molecule has 1 unspecified atom stereocenters. The lowest BCUT2D eigenvalue weighted by Crippen LogP contribution is -2.30. The fraction of sp³-hybridized carbons (Fsp3) is 0.462. The minimum Gasteiger partial charge on any atom is -0.389 e. The molecule has 3 nitrogen and oxygen atoms in total. The minimum absolute atomic E-state index is 0.204. The second-order valence-corrected chi connectivity index (χ2v) is 5.56. The van der Waals surface area contributed by atoms with Gasteiger partial charge in [-0.3, -0.25) is 4.90 Å². The summed E-state index contributed by atoms with van der Waals surface area (Å²) in [6.07, 6.45) is 0.747. The molecule has 0 aliphatic carbocycles. The van der Waals surface area contributed by atoms with Gasteiger partial charge in [0.25, 0.3) is 0 Å². The zero-order chi connectivity index (χ0) is 13.3. The van der Waals surface area contributed by atoms with E-state index in [0.717, 1.165) is 18.5 Å². The van der Waals surface area contributed by atoms with Gasteiger partial charge < -0.3 is 10.8 Å². The highest BCUT2D eigenvalue weighted by Crippen LogP contribution is 2.23. The monoisotopic (exact) mass is 268 g/mol. The van der Waals surface area contributed by atoms with Crippen molar-refractivity contribution in [1.29, 1.82) is 0 Å². The van der Waals surface area contributed by atoms with E-state index in [0.29, 0.717) is 18.7 Å². The molecule has 0 saturated carbocycles. The fourth-order valence-electron chi connectivity index (χ4n) is 2.33. The lowest BCUT2D eigenvalue weighted by Gasteiger charge is -2.20. The number of β-amino-alcohol motifs (C(OH)–C–C–N with tert-alkyl or cyclic N) is 1. The highest BCUT2D eigenvalue weighted by Gasteiger charge is 2.31. The lowest BCUT2D eigenvalue weighted by atomic mass is 10.1. The van der Waals surface area contributed by atoms with Crippen LogP contribution in [0.15, 0.2) is 18.2 Å². The molecule has 18 heavy (non-hydrogen) atoms. The van der Waals surface area contributed by atoms with E-state index in [1.54, 1.807) is 6.07 Å². The third kappa shape index (κ3) is 3.04. The quantitative estimate of drug-likeness (QED) is 0.814. The molecule has 98 valence electrons. The van der Waals surface area contributed by atoms with Crippen molar-refractivity contribution < 1.29 is 9.50 Å². The van der Waals surface area contributed by atoms with Gasteiger partial charge in [0.05, 0.1) is 5.60 Å². The standard InChI is InChI=1S/C13H17FN2OS/c1-13(17)4-5-16(8-13)7-9-2-3-10(14)6-11(9)12(15)18/h2-3,6,17H,4-5,7-8H2,1H3,(H2,15,18). The number of benzene rings is 1. The van der Waals surface area contributed by atoms with Gasteiger partial charge in [0.2, 0.25) is 0 Å². The molecule has 0 amide bonds. The van der Waals surface area contributed by atoms with Crippen LogP contribution < -0.4 is 5.73 Å². The molecule has 1 aliphatic rings. The molecule has 0 aromatic heterocycles. The maximum Gasteiger partial charge on any atom is 0.123 e. The van der Waals surface area contributed by atoms with E-state index in [1.165, 1.54) is 12.1 Å². The Morgan fingerprint density at radius 3 is 2.89 bits per heavy atom. The Morgan fingerprint density at radius 2 is 2.33 bits per heavy atom. The van der Waals surface area contributed by atoms with Crippen molar-refractivity contribution in [2.45, 2.75) is 25.5 Å². The van der Waals surface area contributed by atoms with Crippen LogP contribution in [0.25, 0.3) is 0 Å². The van der Waals surface area contributed by atoms with Crippen LogP contribution in [0, 0.1) is 5.82 Å². The van der Waals surface area contributed by atoms with Crippen molar-refractivity contribution in [1.82, 2.24) is 4.90 Å². The van der Waals surface area contributed by atoms with Gasteiger partial charge in [-0.25, -0.2) is 4.39 Å². The van der Waals surface area contributed by atoms with E-state index in [-0.39, 0.29) is 10.8 Å². The van der Waals surface area contributed by atoms with Gasteiger partial charge in [0.1, 0.15) is 10.8 Å². The molecule has 2 rings (SSSR count). The van der Waals surface area contributed by atoms with Crippen molar-refractivity contribution in [2.24, 2.45) is 5.73 Å². The van der Waals surface area contributed by atoms with Crippen molar-refractivity contribution in [3.63, 3.8) is 0 Å². The molecule has 0 bridgehead atoms. The van der Waals surface area contributed by atoms with Gasteiger partial charge in [-0.05, 0) is 31.0 Å². The number of thiocarbonyl (C=S) groups is 1. The molecule has 0 radical (unpaired) electrons. The van der Waals surface area contributed by atoms with Crippen molar-refractivity contribution >= 4 is 17.2 Å². The Morgan fingerprint density at radius 1 is 1.61 bits per heavy atom. The molecule has 0 spiro atoms. The van der Waals surface area contributed by atoms with E-state index < -0.39 is 5.60 Å². The second kappa shape index (κ2) is 4.91. The largest absolute Gasteiger partial charge is 0.389 e. The third-order valence-electron chi connectivity index (χ3n) is 3.26. The van der Waals surface area contributed by atoms with Crippen LogP contribution in [-0.4, -0.2) is 33.7 Å². The number of hydrogen-bond acceptors (Lipinski definition) is 3. The number of nitrogens with two attached hydrogens (primary N) is 1. The van der Waals surface area contributed by atoms with Crippen LogP contribution >= 0.6 is 12.2 Å². The number of halogens is 1. The summed E-state index contributed by atoms with van der Waals surface area (Å²) in [6.45, 7) is 3.89. The molecular formula is C13H17FN2OS. The Hall–Kier alpha value is -1.04. The maximum absolute atomic E-state index is 13.2. The van der Waals surface area contributed by atoms with Crippen LogP contribution in [0.2, 0.25) is 0 Å². The molecule has 3 N–H and O–H groups in total. The Labute approximate surface area is 111 Å². The summed E-state index contributed by atoms with van der Waals surface area (Å²) in [4.78, 5) is 2.32. The lowest BCUT2D eigenvalue weighted by molar-refractivity contribution is 0.0679. The first kappa shape index (κ1) is 13.4. The summed E-state index contributed by atoms with van der Waals surface area (Å²) < 4.78 is 13.2. The van der Waals surface area contributed by atoms with E-state index in [9.17, 15) is 9.50 Å². The predicted molar refractivity (Wildman–Crippen MR) is 72.8 cm³/mol. The maximum atomic E-state index is 13.2. The number of nitrogens with zero attached hydrogens (tertiary/aromatic N) is 1. The highest BCUT2D eigenvalue weighted by molar-refractivity contribution is 7.80. The molecule has 1 aromatic rings. The van der Waals surface area contributed by atoms with Crippen LogP contribution in [0.5, 0.6) is 0 Å². The van der Waals surface area contributed by atoms with E-state index in [2.05, 4.69) is 4.90 Å². The summed E-state index contributed by atoms with van der Waals surface area (Å²) in [5, 5.41) is 9.91. The van der Waals surface area contributed by atoms with E-state index in [4.69, 9.17) is 18.0 Å². The summed E-state index contributed by atoms with van der Waals surface area (Å²) >= 11 is 4.94. The highest BCUT2D eigenvalue weighted by atomic mass is 32.1.